The molecular formula is C17H16FNO3. The molecule has 0 saturated heterocycles. The predicted octanol–water partition coefficient (Wildman–Crippen LogP) is 2.56. The first-order valence-electron chi connectivity index (χ1n) is 6.80. The molecule has 2 N–H and O–H groups in total. The van der Waals surface area contributed by atoms with E-state index in [9.17, 15) is 19.1 Å². The fourth-order valence-electron chi connectivity index (χ4n) is 2.00. The highest BCUT2D eigenvalue weighted by atomic mass is 19.1. The molecule has 0 aliphatic carbocycles. The Labute approximate surface area is 127 Å². The summed E-state index contributed by atoms with van der Waals surface area (Å²) in [5.41, 5.74) is 2.11. The monoisotopic (exact) mass is 301 g/mol. The average molecular weight is 301 g/mol. The molecule has 0 bridgehead atoms. The number of aryl methyl sites for hydroxylation is 1. The zero-order valence-corrected chi connectivity index (χ0v) is 12.0. The van der Waals surface area contributed by atoms with Crippen molar-refractivity contribution >= 4 is 11.9 Å². The van der Waals surface area contributed by atoms with E-state index >= 15 is 0 Å². The molecule has 1 amide bonds. The highest BCUT2D eigenvalue weighted by Crippen LogP contribution is 2.08. The maximum atomic E-state index is 12.8. The number of hydrogen-bond donors (Lipinski definition) is 2. The Morgan fingerprint density at radius 1 is 1.09 bits per heavy atom. The number of nitrogens with one attached hydrogen (secondary N) is 1. The molecule has 4 nitrogen and oxygen atoms in total. The number of rotatable bonds is 5. The van der Waals surface area contributed by atoms with Crippen LogP contribution in [0, 0.1) is 12.7 Å². The molecule has 0 fully saturated rings. The summed E-state index contributed by atoms with van der Waals surface area (Å²) in [5, 5.41) is 11.7. The second-order valence-corrected chi connectivity index (χ2v) is 5.06. The molecule has 2 aromatic carbocycles. The van der Waals surface area contributed by atoms with Gasteiger partial charge in [-0.2, -0.15) is 0 Å². The SMILES string of the molecule is Cc1ccc(C[C@@H](NC(=O)c2ccc(F)cc2)C(=O)O)cc1. The lowest BCUT2D eigenvalue weighted by atomic mass is 10.0. The van der Waals surface area contributed by atoms with Crippen molar-refractivity contribution in [2.75, 3.05) is 0 Å². The van der Waals surface area contributed by atoms with Crippen molar-refractivity contribution in [3.05, 3.63) is 71.0 Å². The second-order valence-electron chi connectivity index (χ2n) is 5.06. The lowest BCUT2D eigenvalue weighted by Gasteiger charge is -2.15. The van der Waals surface area contributed by atoms with Crippen LogP contribution >= 0.6 is 0 Å². The van der Waals surface area contributed by atoms with Crippen LogP contribution < -0.4 is 5.32 Å². The van der Waals surface area contributed by atoms with Crippen molar-refractivity contribution in [2.24, 2.45) is 0 Å². The normalized spacial score (nSPS) is 11.7. The van der Waals surface area contributed by atoms with Gasteiger partial charge < -0.3 is 10.4 Å². The quantitative estimate of drug-likeness (QED) is 0.892. The summed E-state index contributed by atoms with van der Waals surface area (Å²) >= 11 is 0. The third kappa shape index (κ3) is 4.15. The van der Waals surface area contributed by atoms with Crippen LogP contribution in [-0.2, 0) is 11.2 Å². The maximum Gasteiger partial charge on any atom is 0.326 e. The van der Waals surface area contributed by atoms with E-state index in [1.807, 2.05) is 31.2 Å². The van der Waals surface area contributed by atoms with Crippen LogP contribution in [0.2, 0.25) is 0 Å². The van der Waals surface area contributed by atoms with Crippen LogP contribution in [0.15, 0.2) is 48.5 Å². The summed E-state index contributed by atoms with van der Waals surface area (Å²) in [6.07, 6.45) is 0.183. The fraction of sp³-hybridized carbons (Fsp3) is 0.176. The number of amides is 1. The van der Waals surface area contributed by atoms with Crippen molar-refractivity contribution < 1.29 is 19.1 Å². The van der Waals surface area contributed by atoms with Crippen LogP contribution in [-0.4, -0.2) is 23.0 Å². The van der Waals surface area contributed by atoms with E-state index in [0.717, 1.165) is 23.3 Å². The van der Waals surface area contributed by atoms with Gasteiger partial charge in [-0.3, -0.25) is 4.79 Å². The molecule has 0 unspecified atom stereocenters. The van der Waals surface area contributed by atoms with Crippen LogP contribution in [0.5, 0.6) is 0 Å². The Balaban J connectivity index is 2.08. The van der Waals surface area contributed by atoms with E-state index in [0.29, 0.717) is 0 Å². The minimum Gasteiger partial charge on any atom is -0.480 e. The number of benzene rings is 2. The van der Waals surface area contributed by atoms with Gasteiger partial charge in [0.05, 0.1) is 0 Å². The first-order valence-corrected chi connectivity index (χ1v) is 6.80. The van der Waals surface area contributed by atoms with E-state index in [1.165, 1.54) is 12.1 Å². The van der Waals surface area contributed by atoms with E-state index in [4.69, 9.17) is 0 Å². The molecule has 0 radical (unpaired) electrons. The highest BCUT2D eigenvalue weighted by molar-refractivity contribution is 5.96. The van der Waals surface area contributed by atoms with Gasteiger partial charge in [0.2, 0.25) is 0 Å². The smallest absolute Gasteiger partial charge is 0.326 e. The van der Waals surface area contributed by atoms with E-state index in [2.05, 4.69) is 5.32 Å². The Kier molecular flexibility index (Phi) is 4.88. The van der Waals surface area contributed by atoms with Gasteiger partial charge in [-0.25, -0.2) is 9.18 Å². The minimum absolute atomic E-state index is 0.183. The molecule has 0 aliphatic rings. The van der Waals surface area contributed by atoms with Crippen molar-refractivity contribution in [2.45, 2.75) is 19.4 Å². The summed E-state index contributed by atoms with van der Waals surface area (Å²) in [4.78, 5) is 23.3. The highest BCUT2D eigenvalue weighted by Gasteiger charge is 2.21. The van der Waals surface area contributed by atoms with Gasteiger partial charge in [0.25, 0.3) is 5.91 Å². The van der Waals surface area contributed by atoms with Crippen LogP contribution in [0.4, 0.5) is 4.39 Å². The van der Waals surface area contributed by atoms with Gasteiger partial charge in [-0.1, -0.05) is 29.8 Å². The average Bonchev–Trinajstić information content (AvgIpc) is 2.49. The molecule has 0 heterocycles. The Morgan fingerprint density at radius 3 is 2.23 bits per heavy atom. The van der Waals surface area contributed by atoms with E-state index in [1.54, 1.807) is 0 Å². The van der Waals surface area contributed by atoms with Gasteiger partial charge in [0.15, 0.2) is 0 Å². The van der Waals surface area contributed by atoms with Crippen molar-refractivity contribution in [1.82, 2.24) is 5.32 Å². The number of hydrogen-bond acceptors (Lipinski definition) is 2. The van der Waals surface area contributed by atoms with Crippen molar-refractivity contribution in [3.8, 4) is 0 Å². The molecule has 2 rings (SSSR count). The van der Waals surface area contributed by atoms with Gasteiger partial charge in [-0.05, 0) is 36.8 Å². The standard InChI is InChI=1S/C17H16FNO3/c1-11-2-4-12(5-3-11)10-15(17(21)22)19-16(20)13-6-8-14(18)9-7-13/h2-9,15H,10H2,1H3,(H,19,20)(H,21,22)/t15-/m1/s1. The summed E-state index contributed by atoms with van der Waals surface area (Å²) in [7, 11) is 0. The topological polar surface area (TPSA) is 66.4 Å². The Morgan fingerprint density at radius 2 is 1.68 bits per heavy atom. The van der Waals surface area contributed by atoms with Gasteiger partial charge in [-0.15, -0.1) is 0 Å². The fourth-order valence-corrected chi connectivity index (χ4v) is 2.00. The van der Waals surface area contributed by atoms with Gasteiger partial charge in [0, 0.05) is 12.0 Å². The molecule has 0 aliphatic heterocycles. The van der Waals surface area contributed by atoms with E-state index in [-0.39, 0.29) is 12.0 Å². The van der Waals surface area contributed by atoms with Crippen LogP contribution in [0.1, 0.15) is 21.5 Å². The van der Waals surface area contributed by atoms with Gasteiger partial charge in [0.1, 0.15) is 11.9 Å². The summed E-state index contributed by atoms with van der Waals surface area (Å²) in [6, 6.07) is 11.3. The summed E-state index contributed by atoms with van der Waals surface area (Å²) in [5.74, 6) is -2.11. The predicted molar refractivity (Wildman–Crippen MR) is 80.2 cm³/mol. The van der Waals surface area contributed by atoms with Crippen molar-refractivity contribution in [1.29, 1.82) is 0 Å². The van der Waals surface area contributed by atoms with Gasteiger partial charge >= 0.3 is 5.97 Å². The second kappa shape index (κ2) is 6.85. The first kappa shape index (κ1) is 15.7. The Bertz CT molecular complexity index is 665. The molecule has 5 heteroatoms. The molecule has 0 spiro atoms. The number of aliphatic carboxylic acids is 1. The van der Waals surface area contributed by atoms with Crippen LogP contribution in [0.3, 0.4) is 0 Å². The third-order valence-corrected chi connectivity index (χ3v) is 3.27. The lowest BCUT2D eigenvalue weighted by Crippen LogP contribution is -2.42. The number of carboxylic acid groups (broad SMARTS) is 1. The lowest BCUT2D eigenvalue weighted by molar-refractivity contribution is -0.139. The minimum atomic E-state index is -1.11. The number of carboxylic acids is 1. The van der Waals surface area contributed by atoms with E-state index < -0.39 is 23.7 Å². The van der Waals surface area contributed by atoms with Crippen LogP contribution in [0.25, 0.3) is 0 Å². The zero-order valence-electron chi connectivity index (χ0n) is 12.0. The largest absolute Gasteiger partial charge is 0.480 e. The molecule has 0 saturated carbocycles. The Hall–Kier alpha value is -2.69. The molecular weight excluding hydrogens is 285 g/mol. The molecule has 2 aromatic rings. The third-order valence-electron chi connectivity index (χ3n) is 3.27. The van der Waals surface area contributed by atoms with Crippen molar-refractivity contribution in [3.63, 3.8) is 0 Å². The number of carbonyl (C=O) groups excluding carboxylic acids is 1. The summed E-state index contributed by atoms with van der Waals surface area (Å²) in [6.45, 7) is 1.94. The number of halogens is 1. The zero-order chi connectivity index (χ0) is 16.1. The molecule has 1 atom stereocenters. The molecule has 22 heavy (non-hydrogen) atoms. The maximum absolute atomic E-state index is 12.8. The summed E-state index contributed by atoms with van der Waals surface area (Å²) < 4.78 is 12.8. The number of carbonyl (C=O) groups is 2. The molecule has 0 aromatic heterocycles. The molecule has 114 valence electrons. The first-order chi connectivity index (χ1) is 10.5.